The topological polar surface area (TPSA) is 59.6 Å². The van der Waals surface area contributed by atoms with Crippen LogP contribution in [-0.2, 0) is 7.05 Å². The zero-order chi connectivity index (χ0) is 14.8. The predicted molar refractivity (Wildman–Crippen MR) is 82.6 cm³/mol. The average Bonchev–Trinajstić information content (AvgIpc) is 2.83. The molecule has 0 saturated heterocycles. The number of aryl methyl sites for hydroxylation is 1. The van der Waals surface area contributed by atoms with Crippen LogP contribution >= 0.6 is 0 Å². The van der Waals surface area contributed by atoms with Crippen LogP contribution in [0.3, 0.4) is 0 Å². The molecule has 0 spiro atoms. The van der Waals surface area contributed by atoms with Gasteiger partial charge in [-0.2, -0.15) is 0 Å². The fourth-order valence-electron chi connectivity index (χ4n) is 2.14. The maximum atomic E-state index is 9.91. The molecular weight excluding hydrogens is 266 g/mol. The van der Waals surface area contributed by atoms with E-state index in [2.05, 4.69) is 9.98 Å². The summed E-state index contributed by atoms with van der Waals surface area (Å²) >= 11 is 0. The summed E-state index contributed by atoms with van der Waals surface area (Å²) in [7, 11) is 3.47. The van der Waals surface area contributed by atoms with Gasteiger partial charge in [0.2, 0.25) is 5.95 Å². The fourth-order valence-corrected chi connectivity index (χ4v) is 2.14. The Morgan fingerprint density at radius 2 is 2.05 bits per heavy atom. The molecule has 5 heteroatoms. The minimum atomic E-state index is 0.122. The molecule has 0 bridgehead atoms. The van der Waals surface area contributed by atoms with Crippen LogP contribution in [0.25, 0.3) is 11.0 Å². The molecule has 0 unspecified atom stereocenters. The zero-order valence-electron chi connectivity index (χ0n) is 11.8. The van der Waals surface area contributed by atoms with Crippen molar-refractivity contribution in [1.82, 2.24) is 9.55 Å². The number of rotatable bonds is 3. The van der Waals surface area contributed by atoms with Crippen molar-refractivity contribution in [2.75, 3.05) is 7.11 Å². The third kappa shape index (κ3) is 2.45. The first kappa shape index (κ1) is 13.2. The van der Waals surface area contributed by atoms with Gasteiger partial charge in [-0.15, -0.1) is 0 Å². The van der Waals surface area contributed by atoms with Crippen LogP contribution in [0.4, 0.5) is 5.95 Å². The number of phenolic OH excluding ortho intramolecular Hbond substituents is 1. The van der Waals surface area contributed by atoms with Gasteiger partial charge in [0, 0.05) is 24.9 Å². The maximum Gasteiger partial charge on any atom is 0.230 e. The second kappa shape index (κ2) is 5.28. The number of ether oxygens (including phenoxy) is 1. The van der Waals surface area contributed by atoms with Gasteiger partial charge in [0.25, 0.3) is 0 Å². The molecule has 1 aromatic heterocycles. The van der Waals surface area contributed by atoms with E-state index < -0.39 is 0 Å². The molecule has 0 aliphatic heterocycles. The lowest BCUT2D eigenvalue weighted by Gasteiger charge is -2.02. The Morgan fingerprint density at radius 3 is 2.76 bits per heavy atom. The van der Waals surface area contributed by atoms with Gasteiger partial charge in [0.05, 0.1) is 18.1 Å². The molecule has 1 N–H and O–H groups in total. The standard InChI is InChI=1S/C16H15N3O2/c1-19-14-6-4-3-5-13(14)18-16(19)17-10-11-7-8-12(21-2)9-15(11)20/h3-10,20H,1-2H3/b17-10+. The summed E-state index contributed by atoms with van der Waals surface area (Å²) in [4.78, 5) is 8.81. The lowest BCUT2D eigenvalue weighted by molar-refractivity contribution is 0.407. The monoisotopic (exact) mass is 281 g/mol. The van der Waals surface area contributed by atoms with Crippen molar-refractivity contribution in [2.45, 2.75) is 0 Å². The second-order valence-corrected chi connectivity index (χ2v) is 4.64. The van der Waals surface area contributed by atoms with Crippen molar-refractivity contribution >= 4 is 23.2 Å². The number of aliphatic imine (C=N–C) groups is 1. The number of para-hydroxylation sites is 2. The SMILES string of the molecule is COc1ccc(/C=N/c2nc3ccccc3n2C)c(O)c1. The van der Waals surface area contributed by atoms with Crippen molar-refractivity contribution in [3.8, 4) is 11.5 Å². The Bertz CT molecular complexity index is 822. The third-order valence-electron chi connectivity index (χ3n) is 3.32. The van der Waals surface area contributed by atoms with Gasteiger partial charge in [-0.25, -0.2) is 9.98 Å². The summed E-state index contributed by atoms with van der Waals surface area (Å²) in [6.07, 6.45) is 1.59. The molecule has 2 aromatic carbocycles. The number of hydrogen-bond donors (Lipinski definition) is 1. The first-order valence-electron chi connectivity index (χ1n) is 6.51. The molecule has 5 nitrogen and oxygen atoms in total. The number of fused-ring (bicyclic) bond motifs is 1. The normalized spacial score (nSPS) is 11.3. The van der Waals surface area contributed by atoms with Crippen LogP contribution in [0.15, 0.2) is 47.5 Å². The minimum Gasteiger partial charge on any atom is -0.507 e. The molecule has 0 aliphatic rings. The van der Waals surface area contributed by atoms with Gasteiger partial charge in [0.1, 0.15) is 11.5 Å². The predicted octanol–water partition coefficient (Wildman–Crippen LogP) is 3.04. The number of nitrogens with zero attached hydrogens (tertiary/aromatic N) is 3. The first-order chi connectivity index (χ1) is 10.2. The third-order valence-corrected chi connectivity index (χ3v) is 3.32. The highest BCUT2D eigenvalue weighted by atomic mass is 16.5. The Balaban J connectivity index is 1.96. The molecule has 0 amide bonds. The lowest BCUT2D eigenvalue weighted by atomic mass is 10.2. The molecule has 0 atom stereocenters. The summed E-state index contributed by atoms with van der Waals surface area (Å²) < 4.78 is 6.96. The van der Waals surface area contributed by atoms with E-state index in [1.807, 2.05) is 35.9 Å². The Kier molecular flexibility index (Phi) is 3.31. The summed E-state index contributed by atoms with van der Waals surface area (Å²) in [6, 6.07) is 12.9. The Hall–Kier alpha value is -2.82. The number of methoxy groups -OCH3 is 1. The van der Waals surface area contributed by atoms with Crippen molar-refractivity contribution in [1.29, 1.82) is 0 Å². The van der Waals surface area contributed by atoms with Crippen LogP contribution in [0.5, 0.6) is 11.5 Å². The van der Waals surface area contributed by atoms with Gasteiger partial charge >= 0.3 is 0 Å². The van der Waals surface area contributed by atoms with E-state index in [4.69, 9.17) is 4.74 Å². The second-order valence-electron chi connectivity index (χ2n) is 4.64. The van der Waals surface area contributed by atoms with Crippen molar-refractivity contribution in [3.05, 3.63) is 48.0 Å². The largest absolute Gasteiger partial charge is 0.507 e. The van der Waals surface area contributed by atoms with Crippen LogP contribution < -0.4 is 4.74 Å². The van der Waals surface area contributed by atoms with E-state index in [-0.39, 0.29) is 5.75 Å². The maximum absolute atomic E-state index is 9.91. The number of aromatic nitrogens is 2. The van der Waals surface area contributed by atoms with E-state index in [1.165, 1.54) is 0 Å². The summed E-state index contributed by atoms with van der Waals surface area (Å²) in [5, 5.41) is 9.91. The van der Waals surface area contributed by atoms with Crippen LogP contribution in [-0.4, -0.2) is 28.0 Å². The molecule has 0 fully saturated rings. The lowest BCUT2D eigenvalue weighted by Crippen LogP contribution is -1.89. The fraction of sp³-hybridized carbons (Fsp3) is 0.125. The molecule has 3 rings (SSSR count). The number of aromatic hydroxyl groups is 1. The number of hydrogen-bond acceptors (Lipinski definition) is 4. The number of phenols is 1. The van der Waals surface area contributed by atoms with E-state index in [0.29, 0.717) is 17.3 Å². The molecule has 106 valence electrons. The quantitative estimate of drug-likeness (QED) is 0.751. The van der Waals surface area contributed by atoms with Crippen LogP contribution in [0, 0.1) is 0 Å². The van der Waals surface area contributed by atoms with E-state index >= 15 is 0 Å². The molecule has 3 aromatic rings. The van der Waals surface area contributed by atoms with Crippen molar-refractivity contribution in [2.24, 2.45) is 12.0 Å². The van der Waals surface area contributed by atoms with Gasteiger partial charge < -0.3 is 14.4 Å². The highest BCUT2D eigenvalue weighted by molar-refractivity contribution is 5.86. The molecule has 0 radical (unpaired) electrons. The molecule has 0 saturated carbocycles. The van der Waals surface area contributed by atoms with E-state index in [9.17, 15) is 5.11 Å². The smallest absolute Gasteiger partial charge is 0.230 e. The highest BCUT2D eigenvalue weighted by Gasteiger charge is 2.06. The van der Waals surface area contributed by atoms with Crippen molar-refractivity contribution < 1.29 is 9.84 Å². The van der Waals surface area contributed by atoms with E-state index in [1.54, 1.807) is 31.5 Å². The number of benzene rings is 2. The zero-order valence-corrected chi connectivity index (χ0v) is 11.8. The Morgan fingerprint density at radius 1 is 1.24 bits per heavy atom. The van der Waals surface area contributed by atoms with E-state index in [0.717, 1.165) is 11.0 Å². The average molecular weight is 281 g/mol. The summed E-state index contributed by atoms with van der Waals surface area (Å²) in [6.45, 7) is 0. The van der Waals surface area contributed by atoms with Crippen LogP contribution in [0.1, 0.15) is 5.56 Å². The Labute approximate surface area is 122 Å². The van der Waals surface area contributed by atoms with Gasteiger partial charge in [-0.05, 0) is 24.3 Å². The number of imidazole rings is 1. The summed E-state index contributed by atoms with van der Waals surface area (Å²) in [5.41, 5.74) is 2.53. The van der Waals surface area contributed by atoms with Gasteiger partial charge in [-0.3, -0.25) is 0 Å². The summed E-state index contributed by atoms with van der Waals surface area (Å²) in [5.74, 6) is 1.32. The molecule has 21 heavy (non-hydrogen) atoms. The van der Waals surface area contributed by atoms with Gasteiger partial charge in [0.15, 0.2) is 0 Å². The molecule has 0 aliphatic carbocycles. The highest BCUT2D eigenvalue weighted by Crippen LogP contribution is 2.23. The van der Waals surface area contributed by atoms with Crippen molar-refractivity contribution in [3.63, 3.8) is 0 Å². The first-order valence-corrected chi connectivity index (χ1v) is 6.51. The molecule has 1 heterocycles. The molecular formula is C16H15N3O2. The van der Waals surface area contributed by atoms with Crippen LogP contribution in [0.2, 0.25) is 0 Å². The van der Waals surface area contributed by atoms with Gasteiger partial charge in [-0.1, -0.05) is 12.1 Å². The minimum absolute atomic E-state index is 0.122.